The van der Waals surface area contributed by atoms with E-state index in [1.807, 2.05) is 0 Å². The molecule has 0 aromatic heterocycles. The Morgan fingerprint density at radius 2 is 2.07 bits per heavy atom. The van der Waals surface area contributed by atoms with Crippen LogP contribution in [-0.2, 0) is 19.1 Å². The largest absolute Gasteiger partial charge is 0.466 e. The molecule has 0 bridgehead atoms. The highest BCUT2D eigenvalue weighted by atomic mass is 19.1. The second-order valence-electron chi connectivity index (χ2n) is 6.61. The molecule has 7 nitrogen and oxygen atoms in total. The molecule has 2 N–H and O–H groups in total. The van der Waals surface area contributed by atoms with Crippen LogP contribution in [0.5, 0.6) is 0 Å². The van der Waals surface area contributed by atoms with Gasteiger partial charge in [-0.1, -0.05) is 0 Å². The van der Waals surface area contributed by atoms with Gasteiger partial charge in [-0.3, -0.25) is 9.59 Å². The molecule has 1 fully saturated rings. The fourth-order valence-corrected chi connectivity index (χ4v) is 3.08. The molecule has 1 aromatic carbocycles. The van der Waals surface area contributed by atoms with Crippen molar-refractivity contribution in [1.29, 1.82) is 0 Å². The average Bonchev–Trinajstić information content (AvgIpc) is 2.64. The summed E-state index contributed by atoms with van der Waals surface area (Å²) >= 11 is 0. The molecule has 0 spiro atoms. The molecular weight excluding hydrogens is 355 g/mol. The second kappa shape index (κ2) is 8.83. The van der Waals surface area contributed by atoms with Crippen molar-refractivity contribution >= 4 is 23.5 Å². The van der Waals surface area contributed by atoms with Crippen LogP contribution in [-0.4, -0.2) is 48.5 Å². The fourth-order valence-electron chi connectivity index (χ4n) is 3.08. The van der Waals surface area contributed by atoms with Gasteiger partial charge in [0.2, 0.25) is 0 Å². The van der Waals surface area contributed by atoms with E-state index in [0.29, 0.717) is 24.9 Å². The monoisotopic (exact) mass is 380 g/mol. The van der Waals surface area contributed by atoms with Gasteiger partial charge < -0.3 is 20.1 Å². The molecule has 0 unspecified atom stereocenters. The van der Waals surface area contributed by atoms with Gasteiger partial charge in [-0.05, 0) is 51.3 Å². The molecule has 0 saturated carbocycles. The molecule has 0 radical (unpaired) electrons. The summed E-state index contributed by atoms with van der Waals surface area (Å²) in [4.78, 5) is 38.3. The van der Waals surface area contributed by atoms with E-state index < -0.39 is 23.8 Å². The van der Waals surface area contributed by atoms with E-state index in [1.165, 1.54) is 17.9 Å². The standard InChI is InChI=1S/C19H25FN2O5/c1-4-26-18(24)13-6-5-7-22(10-13)17(23)12(3)27-19(25)15-9-14(20)8-11(2)16(15)21/h8-9,12-13H,4-7,10,21H2,1-3H3/t12-,13+/m0/s1. The van der Waals surface area contributed by atoms with Crippen LogP contribution in [0.25, 0.3) is 0 Å². The lowest BCUT2D eigenvalue weighted by molar-refractivity contribution is -0.152. The molecule has 1 amide bonds. The topological polar surface area (TPSA) is 98.9 Å². The molecular formula is C19H25FN2O5. The van der Waals surface area contributed by atoms with E-state index in [4.69, 9.17) is 15.2 Å². The van der Waals surface area contributed by atoms with Crippen LogP contribution in [0.3, 0.4) is 0 Å². The Hall–Kier alpha value is -2.64. The summed E-state index contributed by atoms with van der Waals surface area (Å²) in [7, 11) is 0. The van der Waals surface area contributed by atoms with Crippen molar-refractivity contribution in [3.63, 3.8) is 0 Å². The van der Waals surface area contributed by atoms with E-state index in [-0.39, 0.29) is 36.3 Å². The number of carbonyl (C=O) groups excluding carboxylic acids is 3. The molecule has 1 saturated heterocycles. The third-order valence-electron chi connectivity index (χ3n) is 4.56. The number of rotatable bonds is 5. The van der Waals surface area contributed by atoms with Gasteiger partial charge in [0, 0.05) is 18.8 Å². The van der Waals surface area contributed by atoms with Crippen molar-refractivity contribution in [2.24, 2.45) is 5.92 Å². The fraction of sp³-hybridized carbons (Fsp3) is 0.526. The van der Waals surface area contributed by atoms with E-state index in [1.54, 1.807) is 13.8 Å². The van der Waals surface area contributed by atoms with Crippen LogP contribution in [0.2, 0.25) is 0 Å². The number of aryl methyl sites for hydroxylation is 1. The Kier molecular flexibility index (Phi) is 6.76. The van der Waals surface area contributed by atoms with E-state index in [0.717, 1.165) is 6.07 Å². The van der Waals surface area contributed by atoms with Gasteiger partial charge in [0.25, 0.3) is 5.91 Å². The number of nitrogen functional groups attached to an aromatic ring is 1. The Bertz CT molecular complexity index is 737. The summed E-state index contributed by atoms with van der Waals surface area (Å²) in [5.74, 6) is -2.60. The highest BCUT2D eigenvalue weighted by molar-refractivity contribution is 5.97. The number of nitrogens with two attached hydrogens (primary N) is 1. The predicted octanol–water partition coefficient (Wildman–Crippen LogP) is 2.06. The number of halogens is 1. The maximum absolute atomic E-state index is 13.6. The van der Waals surface area contributed by atoms with Crippen molar-refractivity contribution in [3.05, 3.63) is 29.1 Å². The van der Waals surface area contributed by atoms with Crippen molar-refractivity contribution < 1.29 is 28.2 Å². The molecule has 148 valence electrons. The Balaban J connectivity index is 2.03. The Labute approximate surface area is 157 Å². The van der Waals surface area contributed by atoms with Gasteiger partial charge in [0.05, 0.1) is 18.1 Å². The molecule has 0 aliphatic carbocycles. The SMILES string of the molecule is CCOC(=O)[C@@H]1CCCN(C(=O)[C@H](C)OC(=O)c2cc(F)cc(C)c2N)C1. The minimum absolute atomic E-state index is 0.112. The summed E-state index contributed by atoms with van der Waals surface area (Å²) in [6.45, 7) is 5.72. The molecule has 1 aliphatic rings. The predicted molar refractivity (Wildman–Crippen MR) is 96.4 cm³/mol. The molecule has 2 rings (SSSR count). The van der Waals surface area contributed by atoms with E-state index in [2.05, 4.69) is 0 Å². The number of nitrogens with zero attached hydrogens (tertiary/aromatic N) is 1. The number of benzene rings is 1. The summed E-state index contributed by atoms with van der Waals surface area (Å²) < 4.78 is 23.8. The lowest BCUT2D eigenvalue weighted by Crippen LogP contribution is -2.47. The maximum Gasteiger partial charge on any atom is 0.341 e. The Morgan fingerprint density at radius 3 is 2.74 bits per heavy atom. The first-order valence-corrected chi connectivity index (χ1v) is 8.96. The normalized spacial score (nSPS) is 17.9. The zero-order chi connectivity index (χ0) is 20.1. The van der Waals surface area contributed by atoms with Crippen molar-refractivity contribution in [2.45, 2.75) is 39.7 Å². The zero-order valence-electron chi connectivity index (χ0n) is 15.8. The van der Waals surface area contributed by atoms with Gasteiger partial charge in [0.15, 0.2) is 6.10 Å². The molecule has 8 heteroatoms. The average molecular weight is 380 g/mol. The van der Waals surface area contributed by atoms with Crippen LogP contribution in [0.15, 0.2) is 12.1 Å². The first-order valence-electron chi connectivity index (χ1n) is 8.96. The molecule has 1 aromatic rings. The third-order valence-corrected chi connectivity index (χ3v) is 4.56. The summed E-state index contributed by atoms with van der Waals surface area (Å²) in [6, 6.07) is 2.20. The number of amides is 1. The van der Waals surface area contributed by atoms with Gasteiger partial charge in [-0.15, -0.1) is 0 Å². The van der Waals surface area contributed by atoms with E-state index >= 15 is 0 Å². The van der Waals surface area contributed by atoms with Crippen LogP contribution >= 0.6 is 0 Å². The van der Waals surface area contributed by atoms with Crippen LogP contribution < -0.4 is 5.73 Å². The van der Waals surface area contributed by atoms with Crippen LogP contribution in [0, 0.1) is 18.7 Å². The maximum atomic E-state index is 13.6. The number of piperidine rings is 1. The number of ether oxygens (including phenoxy) is 2. The molecule has 27 heavy (non-hydrogen) atoms. The first kappa shape index (κ1) is 20.7. The molecule has 2 atom stereocenters. The van der Waals surface area contributed by atoms with Crippen molar-refractivity contribution in [2.75, 3.05) is 25.4 Å². The summed E-state index contributed by atoms with van der Waals surface area (Å²) in [5, 5.41) is 0. The molecule has 1 heterocycles. The lowest BCUT2D eigenvalue weighted by Gasteiger charge is -2.33. The van der Waals surface area contributed by atoms with E-state index in [9.17, 15) is 18.8 Å². The van der Waals surface area contributed by atoms with Gasteiger partial charge >= 0.3 is 11.9 Å². The smallest absolute Gasteiger partial charge is 0.341 e. The van der Waals surface area contributed by atoms with Gasteiger partial charge in [-0.2, -0.15) is 0 Å². The highest BCUT2D eigenvalue weighted by Crippen LogP contribution is 2.22. The number of carbonyl (C=O) groups is 3. The minimum Gasteiger partial charge on any atom is -0.466 e. The number of esters is 2. The second-order valence-corrected chi connectivity index (χ2v) is 6.61. The van der Waals surface area contributed by atoms with Crippen molar-refractivity contribution in [3.8, 4) is 0 Å². The first-order chi connectivity index (χ1) is 12.7. The number of hydrogen-bond donors (Lipinski definition) is 1. The molecule has 1 aliphatic heterocycles. The van der Waals surface area contributed by atoms with Gasteiger partial charge in [-0.25, -0.2) is 9.18 Å². The lowest BCUT2D eigenvalue weighted by atomic mass is 9.98. The zero-order valence-corrected chi connectivity index (χ0v) is 15.8. The summed E-state index contributed by atoms with van der Waals surface area (Å²) in [5.41, 5.74) is 6.22. The highest BCUT2D eigenvalue weighted by Gasteiger charge is 2.32. The number of anilines is 1. The van der Waals surface area contributed by atoms with Crippen LogP contribution in [0.4, 0.5) is 10.1 Å². The third kappa shape index (κ3) is 4.96. The van der Waals surface area contributed by atoms with Crippen molar-refractivity contribution in [1.82, 2.24) is 4.90 Å². The van der Waals surface area contributed by atoms with Crippen LogP contribution in [0.1, 0.15) is 42.6 Å². The summed E-state index contributed by atoms with van der Waals surface area (Å²) in [6.07, 6.45) is 0.225. The Morgan fingerprint density at radius 1 is 1.37 bits per heavy atom. The quantitative estimate of drug-likeness (QED) is 0.620. The minimum atomic E-state index is -1.08. The number of likely N-dealkylation sites (tertiary alicyclic amines) is 1. The number of hydrogen-bond acceptors (Lipinski definition) is 6. The van der Waals surface area contributed by atoms with Gasteiger partial charge in [0.1, 0.15) is 5.82 Å².